The highest BCUT2D eigenvalue weighted by atomic mass is 16.5. The van der Waals surface area contributed by atoms with Gasteiger partial charge in [-0.15, -0.1) is 0 Å². The molecule has 1 aromatic rings. The molecule has 1 fully saturated rings. The molecule has 2 rings (SSSR count). The number of methoxy groups -OCH3 is 1. The van der Waals surface area contributed by atoms with Gasteiger partial charge in [0, 0.05) is 19.7 Å². The van der Waals surface area contributed by atoms with Crippen LogP contribution in [0.5, 0.6) is 0 Å². The van der Waals surface area contributed by atoms with Gasteiger partial charge in [-0.25, -0.2) is 4.79 Å². The molecule has 0 radical (unpaired) electrons. The van der Waals surface area contributed by atoms with Gasteiger partial charge in [-0.2, -0.15) is 0 Å². The van der Waals surface area contributed by atoms with Crippen molar-refractivity contribution < 1.29 is 24.2 Å². The van der Waals surface area contributed by atoms with Crippen molar-refractivity contribution in [3.05, 3.63) is 48.0 Å². The summed E-state index contributed by atoms with van der Waals surface area (Å²) in [5.74, 6) is -2.39. The molecular formula is C17H20N2O5. The molecule has 2 amide bonds. The molecule has 3 atom stereocenters. The number of likely N-dealkylation sites (tertiary alicyclic amines) is 1. The second kappa shape index (κ2) is 7.74. The number of benzene rings is 1. The maximum absolute atomic E-state index is 12.4. The molecule has 0 bridgehead atoms. The number of ether oxygens (including phenoxy) is 1. The molecule has 1 aliphatic heterocycles. The van der Waals surface area contributed by atoms with Gasteiger partial charge in [0.05, 0.1) is 19.1 Å². The quantitative estimate of drug-likeness (QED) is 0.585. The number of rotatable bonds is 5. The first-order valence-corrected chi connectivity index (χ1v) is 7.49. The van der Waals surface area contributed by atoms with E-state index < -0.39 is 35.8 Å². The van der Waals surface area contributed by atoms with Crippen LogP contribution in [0.4, 0.5) is 0 Å². The molecule has 0 aromatic heterocycles. The monoisotopic (exact) mass is 332 g/mol. The fourth-order valence-corrected chi connectivity index (χ4v) is 2.78. The topological polar surface area (TPSA) is 95.9 Å². The van der Waals surface area contributed by atoms with Crippen molar-refractivity contribution in [3.63, 3.8) is 0 Å². The number of aliphatic hydroxyl groups is 1. The van der Waals surface area contributed by atoms with Gasteiger partial charge < -0.3 is 20.1 Å². The fourth-order valence-electron chi connectivity index (χ4n) is 2.78. The zero-order chi connectivity index (χ0) is 17.7. The van der Waals surface area contributed by atoms with Crippen LogP contribution in [0.25, 0.3) is 0 Å². The van der Waals surface area contributed by atoms with E-state index in [1.807, 2.05) is 30.3 Å². The zero-order valence-corrected chi connectivity index (χ0v) is 13.5. The van der Waals surface area contributed by atoms with Gasteiger partial charge in [0.1, 0.15) is 6.10 Å². The summed E-state index contributed by atoms with van der Waals surface area (Å²) in [4.78, 5) is 36.9. The molecule has 7 nitrogen and oxygen atoms in total. The first-order chi connectivity index (χ1) is 11.5. The third-order valence-electron chi connectivity index (χ3n) is 3.99. The molecule has 1 aliphatic rings. The highest BCUT2D eigenvalue weighted by molar-refractivity contribution is 5.93. The molecule has 1 saturated heterocycles. The second-order valence-corrected chi connectivity index (χ2v) is 5.45. The first kappa shape index (κ1) is 17.7. The minimum atomic E-state index is -1.40. The average molecular weight is 332 g/mol. The van der Waals surface area contributed by atoms with E-state index in [0.717, 1.165) is 5.56 Å². The Bertz CT molecular complexity index is 644. The van der Waals surface area contributed by atoms with Gasteiger partial charge in [0.15, 0.2) is 0 Å². The molecule has 0 unspecified atom stereocenters. The molecule has 0 spiro atoms. The lowest BCUT2D eigenvalue weighted by molar-refractivity contribution is -0.137. The number of carbonyl (C=O) groups excluding carboxylic acids is 3. The van der Waals surface area contributed by atoms with Crippen LogP contribution in [-0.4, -0.2) is 54.6 Å². The van der Waals surface area contributed by atoms with E-state index in [1.54, 1.807) is 7.05 Å². The number of nitrogens with one attached hydrogen (secondary N) is 1. The third-order valence-corrected chi connectivity index (χ3v) is 3.99. The van der Waals surface area contributed by atoms with Crippen LogP contribution >= 0.6 is 0 Å². The minimum absolute atomic E-state index is 0.0938. The molecule has 7 heteroatoms. The average Bonchev–Trinajstić information content (AvgIpc) is 2.83. The van der Waals surface area contributed by atoms with E-state index in [4.69, 9.17) is 0 Å². The minimum Gasteiger partial charge on any atom is -0.466 e. The Morgan fingerprint density at radius 2 is 2.00 bits per heavy atom. The third kappa shape index (κ3) is 3.62. The Morgan fingerprint density at radius 1 is 1.33 bits per heavy atom. The van der Waals surface area contributed by atoms with E-state index in [-0.39, 0.29) is 6.54 Å². The smallest absolute Gasteiger partial charge is 0.330 e. The number of likely N-dealkylation sites (N-methyl/N-ethyl adjacent to an activating group) is 1. The summed E-state index contributed by atoms with van der Waals surface area (Å²) in [6, 6.07) is 8.54. The van der Waals surface area contributed by atoms with E-state index >= 15 is 0 Å². The molecule has 0 saturated carbocycles. The van der Waals surface area contributed by atoms with Gasteiger partial charge in [-0.3, -0.25) is 9.59 Å². The fraction of sp³-hybridized carbons (Fsp3) is 0.353. The summed E-state index contributed by atoms with van der Waals surface area (Å²) in [5, 5.41) is 12.8. The van der Waals surface area contributed by atoms with Crippen LogP contribution in [0.3, 0.4) is 0 Å². The van der Waals surface area contributed by atoms with Gasteiger partial charge >= 0.3 is 5.97 Å². The van der Waals surface area contributed by atoms with Crippen molar-refractivity contribution in [3.8, 4) is 0 Å². The normalized spacial score (nSPS) is 23.5. The molecule has 0 aliphatic carbocycles. The predicted molar refractivity (Wildman–Crippen MR) is 85.6 cm³/mol. The Labute approximate surface area is 139 Å². The summed E-state index contributed by atoms with van der Waals surface area (Å²) in [6.45, 7) is 0.0938. The van der Waals surface area contributed by atoms with E-state index in [0.29, 0.717) is 0 Å². The highest BCUT2D eigenvalue weighted by Gasteiger charge is 2.49. The second-order valence-electron chi connectivity index (χ2n) is 5.45. The van der Waals surface area contributed by atoms with Crippen molar-refractivity contribution in [2.24, 2.45) is 5.92 Å². The number of hydrogen-bond donors (Lipinski definition) is 2. The predicted octanol–water partition coefficient (Wildman–Crippen LogP) is 0.0222. The molecule has 24 heavy (non-hydrogen) atoms. The Hall–Kier alpha value is -2.67. The summed E-state index contributed by atoms with van der Waals surface area (Å²) < 4.78 is 4.45. The van der Waals surface area contributed by atoms with Crippen LogP contribution in [0, 0.1) is 5.92 Å². The maximum atomic E-state index is 12.4. The summed E-state index contributed by atoms with van der Waals surface area (Å²) >= 11 is 0. The maximum Gasteiger partial charge on any atom is 0.330 e. The Kier molecular flexibility index (Phi) is 5.70. The summed E-state index contributed by atoms with van der Waals surface area (Å²) in [5.41, 5.74) is 0.773. The number of aliphatic hydroxyl groups excluding tert-OH is 1. The van der Waals surface area contributed by atoms with Crippen molar-refractivity contribution in [2.45, 2.75) is 12.1 Å². The number of hydrogen-bond acceptors (Lipinski definition) is 5. The Morgan fingerprint density at radius 3 is 2.62 bits per heavy atom. The van der Waals surface area contributed by atoms with Crippen molar-refractivity contribution in [1.82, 2.24) is 10.2 Å². The Balaban J connectivity index is 2.13. The van der Waals surface area contributed by atoms with Crippen LogP contribution in [0.2, 0.25) is 0 Å². The standard InChI is InChI=1S/C17H20N2O5/c1-19-14(11-7-4-3-5-8-11)13(15(21)17(19)23)16(22)18-10-6-9-12(20)24-2/h3-9,13-15,21H,10H2,1-2H3,(H,18,22)/b9-6+/t13-,14-,15-/m0/s1. The van der Waals surface area contributed by atoms with Crippen LogP contribution in [0.1, 0.15) is 11.6 Å². The zero-order valence-electron chi connectivity index (χ0n) is 13.5. The van der Waals surface area contributed by atoms with Gasteiger partial charge in [-0.05, 0) is 5.56 Å². The number of esters is 1. The van der Waals surface area contributed by atoms with Crippen LogP contribution < -0.4 is 5.32 Å². The first-order valence-electron chi connectivity index (χ1n) is 7.49. The van der Waals surface area contributed by atoms with Crippen molar-refractivity contribution in [1.29, 1.82) is 0 Å². The molecule has 2 N–H and O–H groups in total. The van der Waals surface area contributed by atoms with Gasteiger partial charge in [0.25, 0.3) is 5.91 Å². The lowest BCUT2D eigenvalue weighted by atomic mass is 9.91. The molecule has 1 aromatic carbocycles. The lowest BCUT2D eigenvalue weighted by Crippen LogP contribution is -2.39. The largest absolute Gasteiger partial charge is 0.466 e. The van der Waals surface area contributed by atoms with E-state index in [9.17, 15) is 19.5 Å². The van der Waals surface area contributed by atoms with Crippen molar-refractivity contribution in [2.75, 3.05) is 20.7 Å². The number of carbonyl (C=O) groups is 3. The van der Waals surface area contributed by atoms with Crippen LogP contribution in [-0.2, 0) is 19.1 Å². The lowest BCUT2D eigenvalue weighted by Gasteiger charge is -2.24. The molecule has 1 heterocycles. The molecule has 128 valence electrons. The van der Waals surface area contributed by atoms with E-state index in [1.165, 1.54) is 24.2 Å². The summed E-state index contributed by atoms with van der Waals surface area (Å²) in [6.07, 6.45) is 1.23. The van der Waals surface area contributed by atoms with E-state index in [2.05, 4.69) is 10.1 Å². The molecular weight excluding hydrogens is 312 g/mol. The number of nitrogens with zero attached hydrogens (tertiary/aromatic N) is 1. The number of amides is 2. The van der Waals surface area contributed by atoms with Crippen LogP contribution in [0.15, 0.2) is 42.5 Å². The van der Waals surface area contributed by atoms with Crippen molar-refractivity contribution >= 4 is 17.8 Å². The summed E-state index contributed by atoms with van der Waals surface area (Å²) in [7, 11) is 2.82. The SMILES string of the molecule is COC(=O)/C=C/CNC(=O)[C@@H]1[C@H](O)C(=O)N(C)[C@H]1c1ccccc1. The highest BCUT2D eigenvalue weighted by Crippen LogP contribution is 2.37. The van der Waals surface area contributed by atoms with Gasteiger partial charge in [0.2, 0.25) is 5.91 Å². The van der Waals surface area contributed by atoms with Gasteiger partial charge in [-0.1, -0.05) is 36.4 Å².